The summed E-state index contributed by atoms with van der Waals surface area (Å²) in [5, 5.41) is 0. The SMILES string of the molecule is CCCCCCCCCCCCCCCC[n+]1ccccc1.CCCCCCCCCCCC[N+](C)(C)Cc1ccccc1.Cl.N.[Cl-].[Cl-]. The molecule has 0 radical (unpaired) electrons. The van der Waals surface area contributed by atoms with E-state index in [0.29, 0.717) is 0 Å². The lowest BCUT2D eigenvalue weighted by Crippen LogP contribution is -3.00. The zero-order valence-electron chi connectivity index (χ0n) is 32.1. The van der Waals surface area contributed by atoms with Crippen LogP contribution in [0.4, 0.5) is 0 Å². The second-order valence-corrected chi connectivity index (χ2v) is 14.2. The maximum atomic E-state index is 2.36. The number of hydrogen-bond acceptors (Lipinski definition) is 1. The van der Waals surface area contributed by atoms with Gasteiger partial charge >= 0.3 is 0 Å². The molecule has 6 heteroatoms. The molecule has 2 rings (SSSR count). The lowest BCUT2D eigenvalue weighted by atomic mass is 10.0. The van der Waals surface area contributed by atoms with E-state index in [0.717, 1.165) is 11.0 Å². The molecule has 0 bridgehead atoms. The minimum absolute atomic E-state index is 0. The van der Waals surface area contributed by atoms with Crippen molar-refractivity contribution in [3.05, 3.63) is 66.5 Å². The van der Waals surface area contributed by atoms with Crippen LogP contribution < -0.4 is 35.5 Å². The Morgan fingerprint density at radius 3 is 1.19 bits per heavy atom. The molecule has 0 aliphatic rings. The monoisotopic (exact) mass is 732 g/mol. The largest absolute Gasteiger partial charge is 1.00 e. The quantitative estimate of drug-likeness (QED) is 0.0560. The molecule has 3 N–H and O–H groups in total. The molecule has 3 nitrogen and oxygen atoms in total. The van der Waals surface area contributed by atoms with Crippen LogP contribution in [-0.2, 0) is 13.1 Å². The summed E-state index contributed by atoms with van der Waals surface area (Å²) >= 11 is 0. The van der Waals surface area contributed by atoms with E-state index in [9.17, 15) is 0 Å². The highest BCUT2D eigenvalue weighted by Crippen LogP contribution is 2.15. The maximum Gasteiger partial charge on any atom is 0.168 e. The van der Waals surface area contributed by atoms with E-state index >= 15 is 0 Å². The van der Waals surface area contributed by atoms with Gasteiger partial charge in [0.2, 0.25) is 0 Å². The molecule has 0 fully saturated rings. The van der Waals surface area contributed by atoms with Crippen molar-refractivity contribution < 1.29 is 33.9 Å². The van der Waals surface area contributed by atoms with Crippen molar-refractivity contribution in [2.24, 2.45) is 0 Å². The van der Waals surface area contributed by atoms with Crippen LogP contribution in [0.5, 0.6) is 0 Å². The van der Waals surface area contributed by atoms with Crippen LogP contribution in [0.3, 0.4) is 0 Å². The smallest absolute Gasteiger partial charge is 0.168 e. The molecule has 0 spiro atoms. The average Bonchev–Trinajstić information content (AvgIpc) is 3.03. The molecule has 1 aromatic carbocycles. The van der Waals surface area contributed by atoms with E-state index in [1.54, 1.807) is 0 Å². The number of halogens is 3. The Morgan fingerprint density at radius 1 is 0.458 bits per heavy atom. The first-order valence-corrected chi connectivity index (χ1v) is 19.4. The number of unbranched alkanes of at least 4 members (excludes halogenated alkanes) is 22. The predicted molar refractivity (Wildman–Crippen MR) is 208 cm³/mol. The Kier molecular flexibility index (Phi) is 45.6. The van der Waals surface area contributed by atoms with Crippen molar-refractivity contribution in [2.45, 2.75) is 181 Å². The van der Waals surface area contributed by atoms with Crippen molar-refractivity contribution in [3.8, 4) is 0 Å². The molecular weight excluding hydrogens is 653 g/mol. The van der Waals surface area contributed by atoms with Gasteiger partial charge in [-0.05, 0) is 19.3 Å². The third-order valence-electron chi connectivity index (χ3n) is 9.12. The van der Waals surface area contributed by atoms with Crippen molar-refractivity contribution >= 4 is 12.4 Å². The number of aromatic nitrogens is 1. The summed E-state index contributed by atoms with van der Waals surface area (Å²) in [4.78, 5) is 0. The molecule has 0 saturated carbocycles. The van der Waals surface area contributed by atoms with Crippen LogP contribution in [-0.4, -0.2) is 25.1 Å². The molecule has 1 heterocycles. The second-order valence-electron chi connectivity index (χ2n) is 14.2. The molecule has 0 atom stereocenters. The molecule has 0 amide bonds. The van der Waals surface area contributed by atoms with Gasteiger partial charge in [-0.25, -0.2) is 4.57 Å². The van der Waals surface area contributed by atoms with Gasteiger partial charge in [0, 0.05) is 24.1 Å². The van der Waals surface area contributed by atoms with Crippen molar-refractivity contribution in [3.63, 3.8) is 0 Å². The first kappa shape index (κ1) is 53.9. The molecule has 2 aromatic rings. The van der Waals surface area contributed by atoms with E-state index in [1.165, 1.54) is 173 Å². The van der Waals surface area contributed by atoms with E-state index in [4.69, 9.17) is 0 Å². The van der Waals surface area contributed by atoms with Crippen LogP contribution in [0.15, 0.2) is 60.9 Å². The van der Waals surface area contributed by atoms with Gasteiger partial charge in [0.05, 0.1) is 20.6 Å². The zero-order chi connectivity index (χ0) is 31.8. The number of pyridine rings is 1. The molecule has 0 aliphatic heterocycles. The molecule has 0 unspecified atom stereocenters. The summed E-state index contributed by atoms with van der Waals surface area (Å²) in [7, 11) is 4.72. The van der Waals surface area contributed by atoms with Gasteiger partial charge in [0.15, 0.2) is 12.4 Å². The van der Waals surface area contributed by atoms with Crippen LogP contribution in [0.1, 0.15) is 174 Å². The summed E-state index contributed by atoms with van der Waals surface area (Å²) < 4.78 is 3.40. The summed E-state index contributed by atoms with van der Waals surface area (Å²) in [5.41, 5.74) is 1.46. The fourth-order valence-corrected chi connectivity index (χ4v) is 6.26. The van der Waals surface area contributed by atoms with E-state index in [2.05, 4.69) is 93.4 Å². The van der Waals surface area contributed by atoms with Gasteiger partial charge in [-0.3, -0.25) is 0 Å². The first-order chi connectivity index (χ1) is 21.6. The Balaban J connectivity index is -0.000000372. The topological polar surface area (TPSA) is 38.9 Å². The van der Waals surface area contributed by atoms with Crippen molar-refractivity contribution in [1.82, 2.24) is 6.15 Å². The summed E-state index contributed by atoms with van der Waals surface area (Å²) in [6, 6.07) is 17.2. The third-order valence-corrected chi connectivity index (χ3v) is 9.12. The lowest BCUT2D eigenvalue weighted by molar-refractivity contribution is -0.903. The molecular formula is C42H80Cl3N3. The van der Waals surface area contributed by atoms with E-state index < -0.39 is 0 Å². The Hall–Kier alpha value is -0.840. The number of hydrogen-bond donors (Lipinski definition) is 1. The zero-order valence-corrected chi connectivity index (χ0v) is 34.5. The third kappa shape index (κ3) is 36.4. The lowest BCUT2D eigenvalue weighted by Gasteiger charge is -2.30. The number of quaternary nitrogens is 1. The first-order valence-electron chi connectivity index (χ1n) is 19.4. The summed E-state index contributed by atoms with van der Waals surface area (Å²) in [5.74, 6) is 0. The second kappa shape index (κ2) is 40.6. The molecule has 1 aromatic heterocycles. The summed E-state index contributed by atoms with van der Waals surface area (Å²) in [6.45, 7) is 8.21. The Labute approximate surface area is 319 Å². The Bertz CT molecular complexity index is 837. The predicted octanol–water partition coefficient (Wildman–Crippen LogP) is 7.23. The minimum Gasteiger partial charge on any atom is -1.00 e. The van der Waals surface area contributed by atoms with Crippen LogP contribution in [0.2, 0.25) is 0 Å². The average molecular weight is 733 g/mol. The van der Waals surface area contributed by atoms with Gasteiger partial charge < -0.3 is 35.4 Å². The summed E-state index contributed by atoms with van der Waals surface area (Å²) in [6.07, 6.45) is 38.7. The van der Waals surface area contributed by atoms with Gasteiger partial charge in [0.1, 0.15) is 13.1 Å². The van der Waals surface area contributed by atoms with Crippen LogP contribution in [0.25, 0.3) is 0 Å². The molecule has 48 heavy (non-hydrogen) atoms. The van der Waals surface area contributed by atoms with Gasteiger partial charge in [-0.15, -0.1) is 12.4 Å². The highest BCUT2D eigenvalue weighted by Gasteiger charge is 2.14. The highest BCUT2D eigenvalue weighted by molar-refractivity contribution is 5.85. The number of rotatable bonds is 28. The van der Waals surface area contributed by atoms with E-state index in [1.807, 2.05) is 0 Å². The fourth-order valence-electron chi connectivity index (χ4n) is 6.26. The highest BCUT2D eigenvalue weighted by atomic mass is 35.5. The van der Waals surface area contributed by atoms with Gasteiger partial charge in [0.25, 0.3) is 0 Å². The van der Waals surface area contributed by atoms with Crippen molar-refractivity contribution in [1.29, 1.82) is 0 Å². The minimum atomic E-state index is 0. The molecule has 284 valence electrons. The van der Waals surface area contributed by atoms with Crippen LogP contribution >= 0.6 is 12.4 Å². The number of aryl methyl sites for hydroxylation is 1. The van der Waals surface area contributed by atoms with Gasteiger partial charge in [-0.1, -0.05) is 179 Å². The Morgan fingerprint density at radius 2 is 0.792 bits per heavy atom. The van der Waals surface area contributed by atoms with Crippen LogP contribution in [0, 0.1) is 0 Å². The van der Waals surface area contributed by atoms with E-state index in [-0.39, 0.29) is 43.4 Å². The number of nitrogens with zero attached hydrogens (tertiary/aromatic N) is 2. The normalized spacial score (nSPS) is 10.4. The fraction of sp³-hybridized carbons (Fsp3) is 0.738. The maximum absolute atomic E-state index is 2.36. The molecule has 0 saturated heterocycles. The molecule has 0 aliphatic carbocycles. The standard InChI is InChI=1S/2C21H38N.3ClH.H3N/c1-4-5-6-7-8-9-10-11-12-16-19-22(2,3)20-21-17-14-13-15-18-21;1-2-3-4-5-6-7-8-9-10-11-12-13-14-16-19-22-20-17-15-18-21-22;;;;/h13-15,17-18H,4-12,16,19-20H2,1-3H3;15,17-18,20-21H,2-14,16,19H2,1H3;3*1H;1H3/q2*+1;;;;/p-2. The van der Waals surface area contributed by atoms with Gasteiger partial charge in [-0.2, -0.15) is 0 Å². The van der Waals surface area contributed by atoms with Crippen molar-refractivity contribution in [2.75, 3.05) is 20.6 Å². The number of benzene rings is 1.